The Morgan fingerprint density at radius 3 is 2.40 bits per heavy atom. The quantitative estimate of drug-likeness (QED) is 0.928. The molecule has 1 aliphatic heterocycles. The highest BCUT2D eigenvalue weighted by molar-refractivity contribution is 6.30. The predicted octanol–water partition coefficient (Wildman–Crippen LogP) is 3.20. The third kappa shape index (κ3) is 2.33. The standard InChI is InChI=1S/C16H21ClN2O/c1-9(2)14-16(20)19(13-8-10(13)3)15(18-14)11-4-6-12(17)7-5-11/h4-7,9-10,13-15,18H,8H2,1-3H3. The van der Waals surface area contributed by atoms with Crippen molar-refractivity contribution in [3.05, 3.63) is 34.9 Å². The fraction of sp³-hybridized carbons (Fsp3) is 0.562. The molecule has 20 heavy (non-hydrogen) atoms. The van der Waals surface area contributed by atoms with Gasteiger partial charge in [-0.05, 0) is 36.0 Å². The summed E-state index contributed by atoms with van der Waals surface area (Å²) in [6, 6.07) is 8.11. The maximum absolute atomic E-state index is 12.7. The minimum Gasteiger partial charge on any atom is -0.318 e. The second-order valence-electron chi connectivity index (χ2n) is 6.37. The van der Waals surface area contributed by atoms with Crippen molar-refractivity contribution >= 4 is 17.5 Å². The predicted molar refractivity (Wildman–Crippen MR) is 80.4 cm³/mol. The van der Waals surface area contributed by atoms with Gasteiger partial charge in [-0.3, -0.25) is 10.1 Å². The van der Waals surface area contributed by atoms with Crippen LogP contribution < -0.4 is 5.32 Å². The topological polar surface area (TPSA) is 32.3 Å². The van der Waals surface area contributed by atoms with Crippen LogP contribution in [0.25, 0.3) is 0 Å². The van der Waals surface area contributed by atoms with E-state index in [1.165, 1.54) is 0 Å². The molecule has 1 aliphatic carbocycles. The number of amides is 1. The molecule has 0 aromatic heterocycles. The van der Waals surface area contributed by atoms with Gasteiger partial charge in [-0.15, -0.1) is 0 Å². The van der Waals surface area contributed by atoms with Crippen molar-refractivity contribution in [1.82, 2.24) is 10.2 Å². The van der Waals surface area contributed by atoms with Gasteiger partial charge in [-0.2, -0.15) is 0 Å². The molecule has 3 nitrogen and oxygen atoms in total. The number of carbonyl (C=O) groups is 1. The van der Waals surface area contributed by atoms with E-state index in [9.17, 15) is 4.79 Å². The van der Waals surface area contributed by atoms with E-state index < -0.39 is 0 Å². The largest absolute Gasteiger partial charge is 0.318 e. The fourth-order valence-corrected chi connectivity index (χ4v) is 3.16. The zero-order valence-corrected chi connectivity index (χ0v) is 12.9. The van der Waals surface area contributed by atoms with Crippen molar-refractivity contribution < 1.29 is 4.79 Å². The van der Waals surface area contributed by atoms with Crippen LogP contribution in [0.1, 0.15) is 38.9 Å². The summed E-state index contributed by atoms with van der Waals surface area (Å²) in [5.74, 6) is 1.16. The van der Waals surface area contributed by atoms with Gasteiger partial charge in [-0.25, -0.2) is 0 Å². The van der Waals surface area contributed by atoms with Crippen LogP contribution in [-0.4, -0.2) is 22.9 Å². The van der Waals surface area contributed by atoms with E-state index in [2.05, 4.69) is 31.0 Å². The second kappa shape index (κ2) is 5.05. The van der Waals surface area contributed by atoms with Gasteiger partial charge < -0.3 is 4.90 Å². The first-order valence-corrected chi connectivity index (χ1v) is 7.70. The summed E-state index contributed by atoms with van der Waals surface area (Å²) in [5, 5.41) is 4.23. The first-order valence-electron chi connectivity index (χ1n) is 7.32. The fourth-order valence-electron chi connectivity index (χ4n) is 3.03. The number of nitrogens with one attached hydrogen (secondary N) is 1. The summed E-state index contributed by atoms with van der Waals surface area (Å²) in [7, 11) is 0. The summed E-state index contributed by atoms with van der Waals surface area (Å²) in [4.78, 5) is 14.7. The molecule has 1 N–H and O–H groups in total. The van der Waals surface area contributed by atoms with E-state index in [-0.39, 0.29) is 18.1 Å². The lowest BCUT2D eigenvalue weighted by Crippen LogP contribution is -2.35. The average Bonchev–Trinajstić information content (AvgIpc) is 3.00. The lowest BCUT2D eigenvalue weighted by atomic mass is 10.1. The van der Waals surface area contributed by atoms with Crippen LogP contribution in [0.4, 0.5) is 0 Å². The number of hydrogen-bond donors (Lipinski definition) is 1. The lowest BCUT2D eigenvalue weighted by Gasteiger charge is -2.25. The first-order chi connectivity index (χ1) is 9.49. The second-order valence-corrected chi connectivity index (χ2v) is 6.80. The average molecular weight is 293 g/mol. The maximum Gasteiger partial charge on any atom is 0.241 e. The molecule has 0 spiro atoms. The van der Waals surface area contributed by atoms with Crippen molar-refractivity contribution in [1.29, 1.82) is 0 Å². The summed E-state index contributed by atoms with van der Waals surface area (Å²) in [6.45, 7) is 6.39. The van der Waals surface area contributed by atoms with Gasteiger partial charge in [0, 0.05) is 11.1 Å². The summed E-state index contributed by atoms with van der Waals surface area (Å²) >= 11 is 5.96. The molecule has 108 valence electrons. The summed E-state index contributed by atoms with van der Waals surface area (Å²) in [5.41, 5.74) is 1.12. The van der Waals surface area contributed by atoms with Gasteiger partial charge in [-0.1, -0.05) is 44.5 Å². The van der Waals surface area contributed by atoms with Gasteiger partial charge >= 0.3 is 0 Å². The molecular formula is C16H21ClN2O. The lowest BCUT2D eigenvalue weighted by molar-refractivity contribution is -0.131. The molecule has 0 radical (unpaired) electrons. The SMILES string of the molecule is CC(C)C1NC(c2ccc(Cl)cc2)N(C2CC2C)C1=O. The van der Waals surface area contributed by atoms with Crippen LogP contribution in [0.15, 0.2) is 24.3 Å². The molecule has 1 heterocycles. The molecule has 1 aromatic rings. The van der Waals surface area contributed by atoms with E-state index in [1.807, 2.05) is 24.3 Å². The minimum absolute atomic E-state index is 0.0119. The Labute approximate surface area is 125 Å². The van der Waals surface area contributed by atoms with Crippen molar-refractivity contribution in [2.45, 2.75) is 45.4 Å². The van der Waals surface area contributed by atoms with Crippen LogP contribution in [-0.2, 0) is 4.79 Å². The minimum atomic E-state index is -0.0801. The highest BCUT2D eigenvalue weighted by Crippen LogP contribution is 2.42. The Bertz CT molecular complexity index is 514. The molecule has 4 heteroatoms. The zero-order valence-electron chi connectivity index (χ0n) is 12.1. The monoisotopic (exact) mass is 292 g/mol. The Morgan fingerprint density at radius 1 is 1.30 bits per heavy atom. The molecular weight excluding hydrogens is 272 g/mol. The molecule has 1 aromatic carbocycles. The van der Waals surface area contributed by atoms with Crippen molar-refractivity contribution in [3.63, 3.8) is 0 Å². The van der Waals surface area contributed by atoms with E-state index in [0.717, 1.165) is 17.0 Å². The van der Waals surface area contributed by atoms with Crippen molar-refractivity contribution in [2.75, 3.05) is 0 Å². The highest BCUT2D eigenvalue weighted by atomic mass is 35.5. The zero-order chi connectivity index (χ0) is 14.4. The van der Waals surface area contributed by atoms with E-state index in [4.69, 9.17) is 11.6 Å². The van der Waals surface area contributed by atoms with E-state index >= 15 is 0 Å². The van der Waals surface area contributed by atoms with Gasteiger partial charge in [0.1, 0.15) is 6.17 Å². The van der Waals surface area contributed by atoms with Crippen LogP contribution in [0.5, 0.6) is 0 Å². The van der Waals surface area contributed by atoms with E-state index in [1.54, 1.807) is 0 Å². The number of carbonyl (C=O) groups excluding carboxylic acids is 1. The first kappa shape index (κ1) is 13.9. The van der Waals surface area contributed by atoms with Crippen molar-refractivity contribution in [2.24, 2.45) is 11.8 Å². The number of halogens is 1. The Balaban J connectivity index is 1.91. The normalized spacial score (nSPS) is 33.0. The van der Waals surface area contributed by atoms with Gasteiger partial charge in [0.25, 0.3) is 0 Å². The third-order valence-corrected chi connectivity index (χ3v) is 4.66. The van der Waals surface area contributed by atoms with Gasteiger partial charge in [0.05, 0.1) is 6.04 Å². The smallest absolute Gasteiger partial charge is 0.241 e. The Kier molecular flexibility index (Phi) is 3.51. The van der Waals surface area contributed by atoms with Crippen molar-refractivity contribution in [3.8, 4) is 0 Å². The number of nitrogens with zero attached hydrogens (tertiary/aromatic N) is 1. The van der Waals surface area contributed by atoms with Gasteiger partial charge in [0.2, 0.25) is 5.91 Å². The Morgan fingerprint density at radius 2 is 1.90 bits per heavy atom. The van der Waals surface area contributed by atoms with Crippen LogP contribution in [0.3, 0.4) is 0 Å². The molecule has 1 saturated carbocycles. The molecule has 1 saturated heterocycles. The highest BCUT2D eigenvalue weighted by Gasteiger charge is 2.50. The molecule has 2 aliphatic rings. The van der Waals surface area contributed by atoms with E-state index in [0.29, 0.717) is 17.9 Å². The molecule has 0 bridgehead atoms. The Hall–Kier alpha value is -1.06. The molecule has 4 unspecified atom stereocenters. The van der Waals surface area contributed by atoms with Crippen LogP contribution >= 0.6 is 11.6 Å². The van der Waals surface area contributed by atoms with Crippen LogP contribution in [0.2, 0.25) is 5.02 Å². The molecule has 1 amide bonds. The third-order valence-electron chi connectivity index (χ3n) is 4.41. The summed E-state index contributed by atoms with van der Waals surface area (Å²) in [6.07, 6.45) is 1.10. The van der Waals surface area contributed by atoms with Crippen LogP contribution in [0, 0.1) is 11.8 Å². The molecule has 4 atom stereocenters. The number of benzene rings is 1. The summed E-state index contributed by atoms with van der Waals surface area (Å²) < 4.78 is 0. The maximum atomic E-state index is 12.7. The number of hydrogen-bond acceptors (Lipinski definition) is 2. The number of rotatable bonds is 3. The van der Waals surface area contributed by atoms with Gasteiger partial charge in [0.15, 0.2) is 0 Å². The molecule has 2 fully saturated rings. The molecule has 3 rings (SSSR count).